The van der Waals surface area contributed by atoms with Crippen molar-refractivity contribution in [3.05, 3.63) is 24.3 Å². The largest absolute Gasteiger partial charge is 0.457 e. The quantitative estimate of drug-likeness (QED) is 0.0420. The highest BCUT2D eigenvalue weighted by Crippen LogP contribution is 2.15. The summed E-state index contributed by atoms with van der Waals surface area (Å²) < 4.78 is 11.1. The molecule has 1 unspecified atom stereocenters. The number of carbonyl (C=O) groups is 1. The van der Waals surface area contributed by atoms with Crippen LogP contribution in [-0.2, 0) is 14.3 Å². The predicted molar refractivity (Wildman–Crippen MR) is 196 cm³/mol. The van der Waals surface area contributed by atoms with Crippen LogP contribution in [0.3, 0.4) is 0 Å². The fourth-order valence-corrected chi connectivity index (χ4v) is 5.78. The van der Waals surface area contributed by atoms with Gasteiger partial charge in [0, 0.05) is 13.0 Å². The number of unbranched alkanes of at least 4 members (excludes halogenated alkanes) is 25. The van der Waals surface area contributed by atoms with Gasteiger partial charge in [-0.3, -0.25) is 4.79 Å². The lowest BCUT2D eigenvalue weighted by atomic mass is 10.0. The van der Waals surface area contributed by atoms with E-state index >= 15 is 0 Å². The molecule has 0 aliphatic rings. The second-order valence-electron chi connectivity index (χ2n) is 13.4. The van der Waals surface area contributed by atoms with Crippen molar-refractivity contribution in [3.63, 3.8) is 0 Å². The maximum absolute atomic E-state index is 12.1. The first-order valence-corrected chi connectivity index (χ1v) is 19.9. The van der Waals surface area contributed by atoms with Gasteiger partial charge in [0.15, 0.2) is 0 Å². The highest BCUT2D eigenvalue weighted by atomic mass is 16.6. The third kappa shape index (κ3) is 37.2. The summed E-state index contributed by atoms with van der Waals surface area (Å²) in [5, 5.41) is 9.56. The Kier molecular flexibility index (Phi) is 38.1. The van der Waals surface area contributed by atoms with Crippen LogP contribution in [-0.4, -0.2) is 37.0 Å². The van der Waals surface area contributed by atoms with Crippen molar-refractivity contribution in [2.24, 2.45) is 0 Å². The normalized spacial score (nSPS) is 12.5. The van der Waals surface area contributed by atoms with Gasteiger partial charge in [-0.15, -0.1) is 0 Å². The maximum Gasteiger partial charge on any atom is 0.306 e. The number of allylic oxidation sites excluding steroid dienone is 4. The molecular weight excluding hydrogens is 556 g/mol. The molecule has 0 aromatic heterocycles. The van der Waals surface area contributed by atoms with Crippen LogP contribution in [0.1, 0.15) is 206 Å². The van der Waals surface area contributed by atoms with Crippen molar-refractivity contribution in [2.45, 2.75) is 213 Å². The molecular formula is C41H78O4. The predicted octanol–water partition coefficient (Wildman–Crippen LogP) is 12.8. The van der Waals surface area contributed by atoms with Crippen LogP contribution < -0.4 is 0 Å². The van der Waals surface area contributed by atoms with E-state index in [4.69, 9.17) is 9.47 Å². The van der Waals surface area contributed by atoms with Crippen LogP contribution in [0.15, 0.2) is 24.3 Å². The molecule has 0 heterocycles. The van der Waals surface area contributed by atoms with Gasteiger partial charge >= 0.3 is 5.97 Å². The zero-order valence-corrected chi connectivity index (χ0v) is 30.4. The maximum atomic E-state index is 12.1. The molecule has 0 rings (SSSR count). The first kappa shape index (κ1) is 43.9. The second kappa shape index (κ2) is 39.1. The highest BCUT2D eigenvalue weighted by Gasteiger charge is 2.13. The minimum Gasteiger partial charge on any atom is -0.457 e. The third-order valence-corrected chi connectivity index (χ3v) is 8.76. The highest BCUT2D eigenvalue weighted by molar-refractivity contribution is 5.69. The number of aliphatic hydroxyl groups is 1. The average molecular weight is 635 g/mol. The van der Waals surface area contributed by atoms with Gasteiger partial charge in [0.05, 0.1) is 13.2 Å². The summed E-state index contributed by atoms with van der Waals surface area (Å²) in [7, 11) is 0. The Balaban J connectivity index is 3.38. The van der Waals surface area contributed by atoms with E-state index < -0.39 is 6.10 Å². The number of carbonyl (C=O) groups excluding carboxylic acids is 1. The second-order valence-corrected chi connectivity index (χ2v) is 13.4. The molecule has 0 aromatic carbocycles. The standard InChI is InChI=1S/C41H78O4/c1-3-5-7-9-11-13-15-17-18-19-20-21-22-23-25-27-29-31-33-35-37-44-39-40(38-42)45-41(43)36-34-32-30-28-26-24-16-14-12-10-8-6-4-2/h8,10,14,16,40,42H,3-7,9,11-13,15,17-39H2,1-2H3/b10-8-,16-14-. The summed E-state index contributed by atoms with van der Waals surface area (Å²) in [6, 6.07) is 0. The van der Waals surface area contributed by atoms with Gasteiger partial charge in [0.25, 0.3) is 0 Å². The van der Waals surface area contributed by atoms with Crippen molar-refractivity contribution in [1.82, 2.24) is 0 Å². The van der Waals surface area contributed by atoms with E-state index in [-0.39, 0.29) is 12.6 Å². The van der Waals surface area contributed by atoms with Crippen LogP contribution >= 0.6 is 0 Å². The van der Waals surface area contributed by atoms with E-state index in [0.29, 0.717) is 19.6 Å². The Bertz CT molecular complexity index is 629. The smallest absolute Gasteiger partial charge is 0.306 e. The summed E-state index contributed by atoms with van der Waals surface area (Å²) >= 11 is 0. The van der Waals surface area contributed by atoms with Crippen LogP contribution in [0.4, 0.5) is 0 Å². The molecule has 4 heteroatoms. The summed E-state index contributed by atoms with van der Waals surface area (Å²) in [5.41, 5.74) is 0. The lowest BCUT2D eigenvalue weighted by Crippen LogP contribution is -2.27. The van der Waals surface area contributed by atoms with E-state index in [2.05, 4.69) is 38.2 Å². The molecule has 0 aliphatic heterocycles. The molecule has 1 N–H and O–H groups in total. The number of aliphatic hydroxyl groups excluding tert-OH is 1. The van der Waals surface area contributed by atoms with Crippen LogP contribution in [0.25, 0.3) is 0 Å². The first-order valence-electron chi connectivity index (χ1n) is 19.9. The van der Waals surface area contributed by atoms with Gasteiger partial charge in [-0.05, 0) is 38.5 Å². The summed E-state index contributed by atoms with van der Waals surface area (Å²) in [6.07, 6.45) is 46.6. The number of hydrogen-bond acceptors (Lipinski definition) is 4. The first-order chi connectivity index (χ1) is 22.2. The van der Waals surface area contributed by atoms with Crippen molar-refractivity contribution in [2.75, 3.05) is 19.8 Å². The lowest BCUT2D eigenvalue weighted by molar-refractivity contribution is -0.154. The van der Waals surface area contributed by atoms with Crippen LogP contribution in [0.5, 0.6) is 0 Å². The summed E-state index contributed by atoms with van der Waals surface area (Å²) in [6.45, 7) is 5.29. The van der Waals surface area contributed by atoms with E-state index in [1.54, 1.807) is 0 Å². The van der Waals surface area contributed by atoms with Crippen LogP contribution in [0.2, 0.25) is 0 Å². The Morgan fingerprint density at radius 1 is 0.533 bits per heavy atom. The van der Waals surface area contributed by atoms with E-state index in [9.17, 15) is 9.90 Å². The Morgan fingerprint density at radius 3 is 1.47 bits per heavy atom. The van der Waals surface area contributed by atoms with Gasteiger partial charge in [-0.1, -0.05) is 186 Å². The molecule has 0 aromatic rings. The van der Waals surface area contributed by atoms with Gasteiger partial charge in [0.2, 0.25) is 0 Å². The molecule has 45 heavy (non-hydrogen) atoms. The van der Waals surface area contributed by atoms with Crippen molar-refractivity contribution in [3.8, 4) is 0 Å². The molecule has 0 saturated carbocycles. The minimum atomic E-state index is -0.536. The SMILES string of the molecule is CCC/C=C\C/C=C\CCCCCCCC(=O)OC(CO)COCCCCCCCCCCCCCCCCCCCCCC. The molecule has 1 atom stereocenters. The van der Waals surface area contributed by atoms with Crippen molar-refractivity contribution >= 4 is 5.97 Å². The molecule has 266 valence electrons. The third-order valence-electron chi connectivity index (χ3n) is 8.76. The Morgan fingerprint density at radius 2 is 0.978 bits per heavy atom. The molecule has 0 radical (unpaired) electrons. The molecule has 0 bridgehead atoms. The zero-order chi connectivity index (χ0) is 32.7. The average Bonchev–Trinajstić information content (AvgIpc) is 3.05. The van der Waals surface area contributed by atoms with Crippen molar-refractivity contribution in [1.29, 1.82) is 0 Å². The molecule has 0 aliphatic carbocycles. The van der Waals surface area contributed by atoms with E-state index in [1.165, 1.54) is 148 Å². The Labute approximate surface area is 281 Å². The van der Waals surface area contributed by atoms with Gasteiger partial charge < -0.3 is 14.6 Å². The zero-order valence-electron chi connectivity index (χ0n) is 30.4. The lowest BCUT2D eigenvalue weighted by Gasteiger charge is -2.15. The van der Waals surface area contributed by atoms with Gasteiger partial charge in [0.1, 0.15) is 6.10 Å². The van der Waals surface area contributed by atoms with E-state index in [0.717, 1.165) is 38.5 Å². The van der Waals surface area contributed by atoms with Gasteiger partial charge in [-0.25, -0.2) is 0 Å². The number of ether oxygens (including phenoxy) is 2. The Hall–Kier alpha value is -1.13. The topological polar surface area (TPSA) is 55.8 Å². The minimum absolute atomic E-state index is 0.174. The molecule has 0 spiro atoms. The summed E-state index contributed by atoms with van der Waals surface area (Å²) in [5.74, 6) is -0.212. The van der Waals surface area contributed by atoms with Crippen molar-refractivity contribution < 1.29 is 19.4 Å². The fourth-order valence-electron chi connectivity index (χ4n) is 5.78. The van der Waals surface area contributed by atoms with Gasteiger partial charge in [-0.2, -0.15) is 0 Å². The molecule has 0 saturated heterocycles. The number of esters is 1. The molecule has 0 fully saturated rings. The van der Waals surface area contributed by atoms with Crippen LogP contribution in [0, 0.1) is 0 Å². The number of hydrogen-bond donors (Lipinski definition) is 1. The monoisotopic (exact) mass is 635 g/mol. The van der Waals surface area contributed by atoms with E-state index in [1.807, 2.05) is 0 Å². The fraction of sp³-hybridized carbons (Fsp3) is 0.878. The molecule has 4 nitrogen and oxygen atoms in total. The summed E-state index contributed by atoms with van der Waals surface area (Å²) in [4.78, 5) is 12.1. The number of rotatable bonds is 37. The molecule has 0 amide bonds.